The lowest BCUT2D eigenvalue weighted by Gasteiger charge is -2.37. The summed E-state index contributed by atoms with van der Waals surface area (Å²) >= 11 is 0. The van der Waals surface area contributed by atoms with E-state index in [4.69, 9.17) is 4.74 Å². The zero-order valence-corrected chi connectivity index (χ0v) is 11.1. The second kappa shape index (κ2) is 5.99. The Labute approximate surface area is 115 Å². The van der Waals surface area contributed by atoms with Crippen molar-refractivity contribution >= 4 is 0 Å². The summed E-state index contributed by atoms with van der Waals surface area (Å²) in [4.78, 5) is 0. The van der Waals surface area contributed by atoms with Crippen LogP contribution in [0.2, 0.25) is 0 Å². The molecule has 112 valence electrons. The van der Waals surface area contributed by atoms with Gasteiger partial charge in [-0.3, -0.25) is 0 Å². The van der Waals surface area contributed by atoms with Gasteiger partial charge in [0, 0.05) is 6.04 Å². The van der Waals surface area contributed by atoms with Crippen LogP contribution in [0.25, 0.3) is 0 Å². The minimum atomic E-state index is -3.95. The monoisotopic (exact) mass is 291 g/mol. The van der Waals surface area contributed by atoms with Crippen LogP contribution in [0.3, 0.4) is 0 Å². The average Bonchev–Trinajstić information content (AvgIpc) is 2.37. The van der Waals surface area contributed by atoms with Gasteiger partial charge in [-0.05, 0) is 36.5 Å². The van der Waals surface area contributed by atoms with Gasteiger partial charge < -0.3 is 10.1 Å². The fourth-order valence-electron chi connectivity index (χ4n) is 2.29. The largest absolute Gasteiger partial charge is 0.497 e. The molecule has 0 atom stereocenters. The maximum Gasteiger partial charge on any atom is 0.319 e. The second-order valence-electron chi connectivity index (χ2n) is 5.08. The molecule has 1 aliphatic rings. The number of hydrogen-bond donors (Lipinski definition) is 1. The van der Waals surface area contributed by atoms with E-state index in [-0.39, 0.29) is 6.04 Å². The summed E-state index contributed by atoms with van der Waals surface area (Å²) < 4.78 is 54.5. The number of benzene rings is 1. The van der Waals surface area contributed by atoms with Crippen LogP contribution >= 0.6 is 0 Å². The smallest absolute Gasteiger partial charge is 0.319 e. The van der Waals surface area contributed by atoms with Crippen molar-refractivity contribution in [3.63, 3.8) is 0 Å². The van der Waals surface area contributed by atoms with Crippen LogP contribution in [-0.2, 0) is 0 Å². The molecule has 0 amide bonds. The van der Waals surface area contributed by atoms with Crippen molar-refractivity contribution in [2.24, 2.45) is 0 Å². The van der Waals surface area contributed by atoms with Crippen molar-refractivity contribution in [1.82, 2.24) is 5.32 Å². The molecule has 20 heavy (non-hydrogen) atoms. The first-order chi connectivity index (χ1) is 9.42. The van der Waals surface area contributed by atoms with Gasteiger partial charge in [-0.2, -0.15) is 8.78 Å². The van der Waals surface area contributed by atoms with Crippen molar-refractivity contribution < 1.29 is 22.3 Å². The summed E-state index contributed by atoms with van der Waals surface area (Å²) in [5, 5.41) is 2.51. The third-order valence-corrected chi connectivity index (χ3v) is 3.67. The Morgan fingerprint density at radius 2 is 1.85 bits per heavy atom. The van der Waals surface area contributed by atoms with E-state index in [1.165, 1.54) is 0 Å². The quantitative estimate of drug-likeness (QED) is 0.811. The molecule has 1 fully saturated rings. The molecule has 6 heteroatoms. The van der Waals surface area contributed by atoms with Gasteiger partial charge in [-0.15, -0.1) is 0 Å². The van der Waals surface area contributed by atoms with Gasteiger partial charge in [-0.25, -0.2) is 8.78 Å². The number of alkyl halides is 4. The van der Waals surface area contributed by atoms with Crippen LogP contribution in [0.1, 0.15) is 24.3 Å². The Morgan fingerprint density at radius 3 is 2.35 bits per heavy atom. The lowest BCUT2D eigenvalue weighted by Crippen LogP contribution is -2.47. The first-order valence-corrected chi connectivity index (χ1v) is 6.45. The Morgan fingerprint density at radius 1 is 1.25 bits per heavy atom. The molecule has 2 nitrogen and oxygen atoms in total. The molecule has 0 saturated heterocycles. The van der Waals surface area contributed by atoms with Crippen molar-refractivity contribution in [1.29, 1.82) is 0 Å². The van der Waals surface area contributed by atoms with E-state index in [1.807, 2.05) is 24.3 Å². The van der Waals surface area contributed by atoms with E-state index in [9.17, 15) is 17.6 Å². The maximum atomic E-state index is 12.7. The molecule has 1 aromatic rings. The number of methoxy groups -OCH3 is 1. The van der Waals surface area contributed by atoms with Crippen LogP contribution in [0.5, 0.6) is 5.75 Å². The molecule has 0 aliphatic heterocycles. The third-order valence-electron chi connectivity index (χ3n) is 3.67. The predicted octanol–water partition coefficient (Wildman–Crippen LogP) is 3.43. The standard InChI is InChI=1S/C14H17F4NO/c1-20-12-4-2-9(3-5-12)10-6-11(7-10)19-8-14(17,18)13(15)16/h2-5,10-11,13,19H,6-8H2,1H3. The van der Waals surface area contributed by atoms with Crippen molar-refractivity contribution in [3.05, 3.63) is 29.8 Å². The minimum Gasteiger partial charge on any atom is -0.497 e. The summed E-state index contributed by atoms with van der Waals surface area (Å²) in [6.45, 7) is -0.968. The lowest BCUT2D eigenvalue weighted by atomic mass is 9.76. The number of rotatable bonds is 6. The van der Waals surface area contributed by atoms with E-state index >= 15 is 0 Å². The third kappa shape index (κ3) is 3.42. The Bertz CT molecular complexity index is 429. The number of halogens is 4. The fourth-order valence-corrected chi connectivity index (χ4v) is 2.29. The Hall–Kier alpha value is -1.30. The highest BCUT2D eigenvalue weighted by Crippen LogP contribution is 2.37. The molecule has 1 saturated carbocycles. The number of hydrogen-bond acceptors (Lipinski definition) is 2. The highest BCUT2D eigenvalue weighted by molar-refractivity contribution is 5.30. The van der Waals surface area contributed by atoms with Crippen LogP contribution in [-0.4, -0.2) is 32.0 Å². The van der Waals surface area contributed by atoms with Crippen LogP contribution < -0.4 is 10.1 Å². The topological polar surface area (TPSA) is 21.3 Å². The van der Waals surface area contributed by atoms with E-state index in [2.05, 4.69) is 5.32 Å². The molecule has 1 aliphatic carbocycles. The predicted molar refractivity (Wildman–Crippen MR) is 67.7 cm³/mol. The first-order valence-electron chi connectivity index (χ1n) is 6.45. The molecule has 1 N–H and O–H groups in total. The number of nitrogens with one attached hydrogen (secondary N) is 1. The molecular weight excluding hydrogens is 274 g/mol. The van der Waals surface area contributed by atoms with Crippen molar-refractivity contribution in [2.45, 2.75) is 37.1 Å². The molecule has 0 unspecified atom stereocenters. The summed E-state index contributed by atoms with van der Waals surface area (Å²) in [6.07, 6.45) is -2.25. The summed E-state index contributed by atoms with van der Waals surface area (Å²) in [7, 11) is 1.58. The van der Waals surface area contributed by atoms with Crippen molar-refractivity contribution in [2.75, 3.05) is 13.7 Å². The highest BCUT2D eigenvalue weighted by Gasteiger charge is 2.42. The second-order valence-corrected chi connectivity index (χ2v) is 5.08. The molecular formula is C14H17F4NO. The minimum absolute atomic E-state index is 0.119. The highest BCUT2D eigenvalue weighted by atomic mass is 19.3. The summed E-state index contributed by atoms with van der Waals surface area (Å²) in [5.41, 5.74) is 1.12. The summed E-state index contributed by atoms with van der Waals surface area (Å²) in [6, 6.07) is 7.45. The van der Waals surface area contributed by atoms with Gasteiger partial charge in [0.1, 0.15) is 5.75 Å². The molecule has 0 bridgehead atoms. The Balaban J connectivity index is 1.77. The van der Waals surface area contributed by atoms with E-state index in [0.29, 0.717) is 18.8 Å². The molecule has 1 aromatic carbocycles. The normalized spacial score (nSPS) is 22.7. The van der Waals surface area contributed by atoms with Crippen LogP contribution in [0.4, 0.5) is 17.6 Å². The molecule has 0 aromatic heterocycles. The maximum absolute atomic E-state index is 12.7. The van der Waals surface area contributed by atoms with Gasteiger partial charge in [-0.1, -0.05) is 12.1 Å². The first kappa shape index (κ1) is 15.1. The summed E-state index contributed by atoms with van der Waals surface area (Å²) in [5.74, 6) is -2.90. The SMILES string of the molecule is COc1ccc(C2CC(NCC(F)(F)C(F)F)C2)cc1. The zero-order valence-electron chi connectivity index (χ0n) is 11.1. The molecule has 0 heterocycles. The van der Waals surface area contributed by atoms with Crippen molar-refractivity contribution in [3.8, 4) is 5.75 Å². The van der Waals surface area contributed by atoms with Gasteiger partial charge in [0.15, 0.2) is 0 Å². The average molecular weight is 291 g/mol. The molecule has 2 rings (SSSR count). The zero-order chi connectivity index (χ0) is 14.8. The van der Waals surface area contributed by atoms with Crippen LogP contribution in [0.15, 0.2) is 24.3 Å². The van der Waals surface area contributed by atoms with Crippen LogP contribution in [0, 0.1) is 0 Å². The number of ether oxygens (including phenoxy) is 1. The molecule has 0 radical (unpaired) electrons. The van der Waals surface area contributed by atoms with E-state index in [0.717, 1.165) is 11.3 Å². The van der Waals surface area contributed by atoms with Gasteiger partial charge in [0.25, 0.3) is 0 Å². The fraction of sp³-hybridized carbons (Fsp3) is 0.571. The Kier molecular flexibility index (Phi) is 4.52. The molecule has 0 spiro atoms. The van der Waals surface area contributed by atoms with E-state index < -0.39 is 18.9 Å². The van der Waals surface area contributed by atoms with Gasteiger partial charge in [0.05, 0.1) is 13.7 Å². The van der Waals surface area contributed by atoms with E-state index in [1.54, 1.807) is 7.11 Å². The van der Waals surface area contributed by atoms with Gasteiger partial charge >= 0.3 is 12.3 Å². The lowest BCUT2D eigenvalue weighted by molar-refractivity contribution is -0.127. The van der Waals surface area contributed by atoms with Gasteiger partial charge in [0.2, 0.25) is 0 Å².